The summed E-state index contributed by atoms with van der Waals surface area (Å²) in [6.07, 6.45) is 0.970. The SMILES string of the molecule is COC(CN)C(=O)Nc1ncc(Br)cc1C. The minimum atomic E-state index is -0.648. The van der Waals surface area contributed by atoms with Crippen molar-refractivity contribution in [2.24, 2.45) is 5.73 Å². The Morgan fingerprint density at radius 2 is 2.44 bits per heavy atom. The lowest BCUT2D eigenvalue weighted by Crippen LogP contribution is -2.36. The van der Waals surface area contributed by atoms with Crippen LogP contribution >= 0.6 is 15.9 Å². The standard InChI is InChI=1S/C10H14BrN3O2/c1-6-3-7(11)5-13-9(6)14-10(15)8(4-12)16-2/h3,5,8H,4,12H2,1-2H3,(H,13,14,15). The van der Waals surface area contributed by atoms with Gasteiger partial charge in [0.05, 0.1) is 0 Å². The second-order valence-electron chi connectivity index (χ2n) is 3.27. The number of hydrogen-bond donors (Lipinski definition) is 2. The predicted octanol–water partition coefficient (Wildman–Crippen LogP) is 1.06. The zero-order valence-corrected chi connectivity index (χ0v) is 10.7. The number of aryl methyl sites for hydroxylation is 1. The van der Waals surface area contributed by atoms with Gasteiger partial charge in [-0.1, -0.05) is 0 Å². The highest BCUT2D eigenvalue weighted by molar-refractivity contribution is 9.10. The van der Waals surface area contributed by atoms with Gasteiger partial charge in [0, 0.05) is 24.3 Å². The van der Waals surface area contributed by atoms with Gasteiger partial charge in [-0.25, -0.2) is 4.98 Å². The Morgan fingerprint density at radius 1 is 1.75 bits per heavy atom. The van der Waals surface area contributed by atoms with Crippen LogP contribution in [0.1, 0.15) is 5.56 Å². The van der Waals surface area contributed by atoms with Crippen molar-refractivity contribution in [3.8, 4) is 0 Å². The molecule has 0 aliphatic carbocycles. The van der Waals surface area contributed by atoms with Gasteiger partial charge < -0.3 is 15.8 Å². The molecule has 88 valence electrons. The van der Waals surface area contributed by atoms with Crippen molar-refractivity contribution in [2.75, 3.05) is 19.0 Å². The highest BCUT2D eigenvalue weighted by atomic mass is 79.9. The summed E-state index contributed by atoms with van der Waals surface area (Å²) in [7, 11) is 1.44. The number of carbonyl (C=O) groups excluding carboxylic acids is 1. The molecule has 0 aromatic carbocycles. The van der Waals surface area contributed by atoms with Gasteiger partial charge in [0.1, 0.15) is 11.9 Å². The third-order valence-electron chi connectivity index (χ3n) is 2.08. The Balaban J connectivity index is 2.76. The van der Waals surface area contributed by atoms with Crippen LogP contribution in [0.4, 0.5) is 5.82 Å². The van der Waals surface area contributed by atoms with Gasteiger partial charge in [-0.05, 0) is 34.5 Å². The van der Waals surface area contributed by atoms with Crippen molar-refractivity contribution >= 4 is 27.7 Å². The van der Waals surface area contributed by atoms with Gasteiger partial charge in [-0.15, -0.1) is 0 Å². The molecule has 1 amide bonds. The lowest BCUT2D eigenvalue weighted by Gasteiger charge is -2.13. The average molecular weight is 288 g/mol. The van der Waals surface area contributed by atoms with Crippen LogP contribution in [0.25, 0.3) is 0 Å². The van der Waals surface area contributed by atoms with Crippen LogP contribution in [0.3, 0.4) is 0 Å². The molecule has 0 saturated heterocycles. The Hall–Kier alpha value is -0.980. The molecular formula is C10H14BrN3O2. The summed E-state index contributed by atoms with van der Waals surface area (Å²) in [6.45, 7) is 2.00. The highest BCUT2D eigenvalue weighted by Crippen LogP contribution is 2.16. The summed E-state index contributed by atoms with van der Waals surface area (Å²) >= 11 is 3.30. The molecule has 1 unspecified atom stereocenters. The van der Waals surface area contributed by atoms with Crippen molar-refractivity contribution < 1.29 is 9.53 Å². The molecule has 0 aliphatic heterocycles. The number of halogens is 1. The van der Waals surface area contributed by atoms with E-state index < -0.39 is 6.10 Å². The quantitative estimate of drug-likeness (QED) is 0.868. The molecule has 0 fully saturated rings. The number of methoxy groups -OCH3 is 1. The number of nitrogens with one attached hydrogen (secondary N) is 1. The Morgan fingerprint density at radius 3 is 2.94 bits per heavy atom. The van der Waals surface area contributed by atoms with Crippen molar-refractivity contribution in [2.45, 2.75) is 13.0 Å². The van der Waals surface area contributed by atoms with E-state index in [0.29, 0.717) is 5.82 Å². The van der Waals surface area contributed by atoms with Gasteiger partial charge in [0.15, 0.2) is 0 Å². The van der Waals surface area contributed by atoms with E-state index in [2.05, 4.69) is 26.2 Å². The topological polar surface area (TPSA) is 77.2 Å². The molecule has 0 spiro atoms. The fourth-order valence-electron chi connectivity index (χ4n) is 1.18. The van der Waals surface area contributed by atoms with E-state index in [1.807, 2.05) is 13.0 Å². The maximum Gasteiger partial charge on any atom is 0.255 e. The molecule has 5 nitrogen and oxygen atoms in total. The molecule has 1 aromatic rings. The van der Waals surface area contributed by atoms with Crippen molar-refractivity contribution in [3.63, 3.8) is 0 Å². The number of aromatic nitrogens is 1. The van der Waals surface area contributed by atoms with E-state index >= 15 is 0 Å². The minimum Gasteiger partial charge on any atom is -0.370 e. The Kier molecular flexibility index (Phi) is 4.85. The number of anilines is 1. The molecule has 1 atom stereocenters. The minimum absolute atomic E-state index is 0.137. The third-order valence-corrected chi connectivity index (χ3v) is 2.51. The van der Waals surface area contributed by atoms with Gasteiger partial charge in [-0.2, -0.15) is 0 Å². The molecule has 6 heteroatoms. The lowest BCUT2D eigenvalue weighted by atomic mass is 10.2. The van der Waals surface area contributed by atoms with Crippen LogP contribution in [0.2, 0.25) is 0 Å². The smallest absolute Gasteiger partial charge is 0.255 e. The second kappa shape index (κ2) is 5.93. The summed E-state index contributed by atoms with van der Waals surface area (Å²) in [6, 6.07) is 1.87. The fraction of sp³-hybridized carbons (Fsp3) is 0.400. The normalized spacial score (nSPS) is 12.2. The van der Waals surface area contributed by atoms with E-state index in [9.17, 15) is 4.79 Å². The number of ether oxygens (including phenoxy) is 1. The molecule has 3 N–H and O–H groups in total. The van der Waals surface area contributed by atoms with E-state index in [1.165, 1.54) is 7.11 Å². The number of pyridine rings is 1. The van der Waals surface area contributed by atoms with E-state index in [0.717, 1.165) is 10.0 Å². The number of rotatable bonds is 4. The molecular weight excluding hydrogens is 274 g/mol. The summed E-state index contributed by atoms with van der Waals surface area (Å²) in [5.41, 5.74) is 6.26. The summed E-state index contributed by atoms with van der Waals surface area (Å²) in [5.74, 6) is 0.228. The number of nitrogens with two attached hydrogens (primary N) is 1. The molecule has 0 saturated carbocycles. The molecule has 1 heterocycles. The number of amides is 1. The third kappa shape index (κ3) is 3.26. The summed E-state index contributed by atoms with van der Waals surface area (Å²) in [5, 5.41) is 2.66. The van der Waals surface area contributed by atoms with E-state index in [-0.39, 0.29) is 12.5 Å². The van der Waals surface area contributed by atoms with Gasteiger partial charge >= 0.3 is 0 Å². The highest BCUT2D eigenvalue weighted by Gasteiger charge is 2.16. The van der Waals surface area contributed by atoms with Gasteiger partial charge in [0.2, 0.25) is 0 Å². The van der Waals surface area contributed by atoms with Crippen LogP contribution in [-0.4, -0.2) is 30.6 Å². The largest absolute Gasteiger partial charge is 0.370 e. The monoisotopic (exact) mass is 287 g/mol. The van der Waals surface area contributed by atoms with Crippen LogP contribution in [0, 0.1) is 6.92 Å². The average Bonchev–Trinajstić information content (AvgIpc) is 2.24. The molecule has 0 bridgehead atoms. The second-order valence-corrected chi connectivity index (χ2v) is 4.18. The maximum atomic E-state index is 11.6. The molecule has 16 heavy (non-hydrogen) atoms. The Labute approximate surface area is 103 Å². The molecule has 1 aromatic heterocycles. The first-order chi connectivity index (χ1) is 7.58. The number of hydrogen-bond acceptors (Lipinski definition) is 4. The van der Waals surface area contributed by atoms with Gasteiger partial charge in [0.25, 0.3) is 5.91 Å². The maximum absolute atomic E-state index is 11.6. The molecule has 0 radical (unpaired) electrons. The molecule has 1 rings (SSSR count). The zero-order valence-electron chi connectivity index (χ0n) is 9.16. The fourth-order valence-corrected chi connectivity index (χ4v) is 1.62. The Bertz CT molecular complexity index is 380. The first-order valence-electron chi connectivity index (χ1n) is 4.74. The first-order valence-corrected chi connectivity index (χ1v) is 5.53. The van der Waals surface area contributed by atoms with Crippen molar-refractivity contribution in [3.05, 3.63) is 22.3 Å². The lowest BCUT2D eigenvalue weighted by molar-refractivity contribution is -0.125. The van der Waals surface area contributed by atoms with Crippen LogP contribution in [0.5, 0.6) is 0 Å². The number of carbonyl (C=O) groups is 1. The van der Waals surface area contributed by atoms with E-state index in [4.69, 9.17) is 10.5 Å². The summed E-state index contributed by atoms with van der Waals surface area (Å²) in [4.78, 5) is 15.7. The zero-order chi connectivity index (χ0) is 12.1. The predicted molar refractivity (Wildman–Crippen MR) is 65.2 cm³/mol. The number of nitrogens with zero attached hydrogens (tertiary/aromatic N) is 1. The van der Waals surface area contributed by atoms with Crippen LogP contribution < -0.4 is 11.1 Å². The molecule has 0 aliphatic rings. The summed E-state index contributed by atoms with van der Waals surface area (Å²) < 4.78 is 5.79. The van der Waals surface area contributed by atoms with E-state index in [1.54, 1.807) is 6.20 Å². The van der Waals surface area contributed by atoms with Crippen molar-refractivity contribution in [1.29, 1.82) is 0 Å². The van der Waals surface area contributed by atoms with Crippen molar-refractivity contribution in [1.82, 2.24) is 4.98 Å². The van der Waals surface area contributed by atoms with Crippen LogP contribution in [0.15, 0.2) is 16.7 Å². The van der Waals surface area contributed by atoms with Gasteiger partial charge in [-0.3, -0.25) is 4.79 Å². The first kappa shape index (κ1) is 13.1. The van der Waals surface area contributed by atoms with Crippen LogP contribution in [-0.2, 0) is 9.53 Å².